The lowest BCUT2D eigenvalue weighted by Gasteiger charge is -2.29. The van der Waals surface area contributed by atoms with E-state index in [1.54, 1.807) is 6.07 Å². The van der Waals surface area contributed by atoms with Gasteiger partial charge in [0.05, 0.1) is 5.56 Å². The molecule has 2 unspecified atom stereocenters. The van der Waals surface area contributed by atoms with Gasteiger partial charge in [0.15, 0.2) is 11.5 Å². The summed E-state index contributed by atoms with van der Waals surface area (Å²) in [6.07, 6.45) is 2.32. The summed E-state index contributed by atoms with van der Waals surface area (Å²) < 4.78 is 11.1. The fourth-order valence-corrected chi connectivity index (χ4v) is 2.96. The van der Waals surface area contributed by atoms with Crippen LogP contribution in [0.4, 0.5) is 0 Å². The highest BCUT2D eigenvalue weighted by atomic mass is 35.5. The van der Waals surface area contributed by atoms with E-state index in [4.69, 9.17) is 9.47 Å². The zero-order valence-corrected chi connectivity index (χ0v) is 13.6. The highest BCUT2D eigenvalue weighted by molar-refractivity contribution is 5.98. The molecule has 0 aromatic heterocycles. The van der Waals surface area contributed by atoms with Gasteiger partial charge in [0, 0.05) is 6.04 Å². The molecule has 22 heavy (non-hydrogen) atoms. The molecule has 0 saturated carbocycles. The van der Waals surface area contributed by atoms with E-state index in [1.807, 2.05) is 12.1 Å². The maximum atomic E-state index is 12.5. The van der Waals surface area contributed by atoms with E-state index in [2.05, 4.69) is 17.6 Å². The normalized spacial score (nSPS) is 21.4. The first-order valence-electron chi connectivity index (χ1n) is 7.66. The molecule has 2 atom stereocenters. The lowest BCUT2D eigenvalue weighted by atomic mass is 9.92. The van der Waals surface area contributed by atoms with Gasteiger partial charge in [-0.25, -0.2) is 0 Å². The first-order valence-corrected chi connectivity index (χ1v) is 7.66. The number of ether oxygens (including phenoxy) is 2. The van der Waals surface area contributed by atoms with Crippen LogP contribution in [0.25, 0.3) is 0 Å². The van der Waals surface area contributed by atoms with Gasteiger partial charge in [-0.2, -0.15) is 0 Å². The van der Waals surface area contributed by atoms with Crippen molar-refractivity contribution in [2.75, 3.05) is 26.3 Å². The van der Waals surface area contributed by atoms with Crippen molar-refractivity contribution in [2.24, 2.45) is 5.92 Å². The van der Waals surface area contributed by atoms with E-state index in [0.29, 0.717) is 36.2 Å². The summed E-state index contributed by atoms with van der Waals surface area (Å²) >= 11 is 0. The third-order valence-electron chi connectivity index (χ3n) is 4.21. The molecule has 1 saturated heterocycles. The summed E-state index contributed by atoms with van der Waals surface area (Å²) in [5, 5.41) is 6.48. The zero-order valence-electron chi connectivity index (χ0n) is 12.8. The van der Waals surface area contributed by atoms with E-state index >= 15 is 0 Å². The van der Waals surface area contributed by atoms with Gasteiger partial charge in [-0.15, -0.1) is 12.4 Å². The van der Waals surface area contributed by atoms with Crippen molar-refractivity contribution in [1.29, 1.82) is 0 Å². The van der Waals surface area contributed by atoms with Crippen LogP contribution in [0.2, 0.25) is 0 Å². The standard InChI is InChI=1S/C16H22N2O3.ClH/c1-11(12-4-3-7-17-10-12)18-16(19)13-5-2-6-14-15(13)21-9-8-20-14;/h2,5-6,11-12,17H,3-4,7-10H2,1H3,(H,18,19);1H. The van der Waals surface area contributed by atoms with Gasteiger partial charge in [-0.3, -0.25) is 4.79 Å². The number of rotatable bonds is 3. The second kappa shape index (κ2) is 7.70. The molecule has 2 aliphatic rings. The number of hydrogen-bond donors (Lipinski definition) is 2. The molecule has 1 amide bonds. The Balaban J connectivity index is 0.00000176. The molecule has 0 radical (unpaired) electrons. The molecule has 1 fully saturated rings. The summed E-state index contributed by atoms with van der Waals surface area (Å²) in [5.74, 6) is 1.62. The largest absolute Gasteiger partial charge is 0.486 e. The smallest absolute Gasteiger partial charge is 0.255 e. The van der Waals surface area contributed by atoms with E-state index in [1.165, 1.54) is 6.42 Å². The van der Waals surface area contributed by atoms with Crippen LogP contribution in [0.3, 0.4) is 0 Å². The average Bonchev–Trinajstić information content (AvgIpc) is 2.55. The monoisotopic (exact) mass is 326 g/mol. The summed E-state index contributed by atoms with van der Waals surface area (Å²) in [6.45, 7) is 5.13. The minimum atomic E-state index is -0.0876. The van der Waals surface area contributed by atoms with Crippen molar-refractivity contribution in [3.8, 4) is 11.5 Å². The van der Waals surface area contributed by atoms with Crippen molar-refractivity contribution in [2.45, 2.75) is 25.8 Å². The van der Waals surface area contributed by atoms with E-state index in [0.717, 1.165) is 19.5 Å². The van der Waals surface area contributed by atoms with Crippen molar-refractivity contribution >= 4 is 18.3 Å². The molecule has 6 heteroatoms. The Bertz CT molecular complexity index is 518. The van der Waals surface area contributed by atoms with Gasteiger partial charge < -0.3 is 20.1 Å². The molecule has 122 valence electrons. The minimum Gasteiger partial charge on any atom is -0.486 e. The number of amides is 1. The molecule has 1 aromatic carbocycles. The Morgan fingerprint density at radius 1 is 1.36 bits per heavy atom. The number of fused-ring (bicyclic) bond motifs is 1. The quantitative estimate of drug-likeness (QED) is 0.892. The SMILES string of the molecule is CC(NC(=O)c1cccc2c1OCCO2)C1CCCNC1.Cl. The van der Waals surface area contributed by atoms with Crippen LogP contribution in [-0.4, -0.2) is 38.3 Å². The fraction of sp³-hybridized carbons (Fsp3) is 0.562. The lowest BCUT2D eigenvalue weighted by Crippen LogP contribution is -2.44. The molecule has 3 rings (SSSR count). The number of carbonyl (C=O) groups excluding carboxylic acids is 1. The highest BCUT2D eigenvalue weighted by Crippen LogP contribution is 2.33. The first kappa shape index (κ1) is 16.9. The minimum absolute atomic E-state index is 0. The van der Waals surface area contributed by atoms with Gasteiger partial charge in [0.25, 0.3) is 5.91 Å². The van der Waals surface area contributed by atoms with Crippen molar-refractivity contribution in [3.63, 3.8) is 0 Å². The van der Waals surface area contributed by atoms with E-state index in [-0.39, 0.29) is 24.4 Å². The number of halogens is 1. The second-order valence-corrected chi connectivity index (χ2v) is 5.70. The van der Waals surface area contributed by atoms with Gasteiger partial charge in [-0.1, -0.05) is 6.07 Å². The molecular formula is C16H23ClN2O3. The van der Waals surface area contributed by atoms with Gasteiger partial charge in [0.2, 0.25) is 0 Å². The molecule has 0 spiro atoms. The van der Waals surface area contributed by atoms with Crippen LogP contribution in [0.15, 0.2) is 18.2 Å². The fourth-order valence-electron chi connectivity index (χ4n) is 2.96. The van der Waals surface area contributed by atoms with Crippen molar-refractivity contribution in [1.82, 2.24) is 10.6 Å². The summed E-state index contributed by atoms with van der Waals surface area (Å²) in [4.78, 5) is 12.5. The van der Waals surface area contributed by atoms with Gasteiger partial charge >= 0.3 is 0 Å². The Kier molecular flexibility index (Phi) is 5.91. The first-order chi connectivity index (χ1) is 10.3. The van der Waals surface area contributed by atoms with E-state index < -0.39 is 0 Å². The molecule has 5 nitrogen and oxygen atoms in total. The number of nitrogens with one attached hydrogen (secondary N) is 2. The number of hydrogen-bond acceptors (Lipinski definition) is 4. The summed E-state index contributed by atoms with van der Waals surface area (Å²) in [5.41, 5.74) is 0.558. The summed E-state index contributed by atoms with van der Waals surface area (Å²) in [7, 11) is 0. The Morgan fingerprint density at radius 3 is 2.95 bits per heavy atom. The molecule has 0 aliphatic carbocycles. The number of carbonyl (C=O) groups is 1. The van der Waals surface area contributed by atoms with Crippen LogP contribution in [0, 0.1) is 5.92 Å². The molecule has 2 heterocycles. The van der Waals surface area contributed by atoms with Crippen LogP contribution >= 0.6 is 12.4 Å². The third-order valence-corrected chi connectivity index (χ3v) is 4.21. The number of para-hydroxylation sites is 1. The van der Waals surface area contributed by atoms with Crippen molar-refractivity contribution in [3.05, 3.63) is 23.8 Å². The number of benzene rings is 1. The molecule has 2 N–H and O–H groups in total. The Labute approximate surface area is 137 Å². The van der Waals surface area contributed by atoms with E-state index in [9.17, 15) is 4.79 Å². The summed E-state index contributed by atoms with van der Waals surface area (Å²) in [6, 6.07) is 5.59. The van der Waals surface area contributed by atoms with Crippen LogP contribution in [0.1, 0.15) is 30.1 Å². The lowest BCUT2D eigenvalue weighted by molar-refractivity contribution is 0.0911. The molecule has 0 bridgehead atoms. The maximum absolute atomic E-state index is 12.5. The maximum Gasteiger partial charge on any atom is 0.255 e. The predicted molar refractivity (Wildman–Crippen MR) is 87.2 cm³/mol. The number of piperidine rings is 1. The van der Waals surface area contributed by atoms with Crippen LogP contribution in [-0.2, 0) is 0 Å². The molecule has 1 aromatic rings. The second-order valence-electron chi connectivity index (χ2n) is 5.70. The van der Waals surface area contributed by atoms with Gasteiger partial charge in [0.1, 0.15) is 13.2 Å². The third kappa shape index (κ3) is 3.65. The highest BCUT2D eigenvalue weighted by Gasteiger charge is 2.25. The van der Waals surface area contributed by atoms with Gasteiger partial charge in [-0.05, 0) is 50.9 Å². The molecular weight excluding hydrogens is 304 g/mol. The predicted octanol–water partition coefficient (Wildman–Crippen LogP) is 2.00. The van der Waals surface area contributed by atoms with Crippen molar-refractivity contribution < 1.29 is 14.3 Å². The Hall–Kier alpha value is -1.46. The molecule has 2 aliphatic heterocycles. The van der Waals surface area contributed by atoms with Crippen LogP contribution < -0.4 is 20.1 Å². The van der Waals surface area contributed by atoms with Crippen LogP contribution in [0.5, 0.6) is 11.5 Å². The topological polar surface area (TPSA) is 59.6 Å². The Morgan fingerprint density at radius 2 is 2.18 bits per heavy atom. The average molecular weight is 327 g/mol. The zero-order chi connectivity index (χ0) is 14.7.